The summed E-state index contributed by atoms with van der Waals surface area (Å²) in [6, 6.07) is 8.67. The number of hydrogen-bond acceptors (Lipinski definition) is 5. The Morgan fingerprint density at radius 1 is 1.30 bits per heavy atom. The van der Waals surface area contributed by atoms with Crippen LogP contribution in [0.25, 0.3) is 0 Å². The third-order valence-electron chi connectivity index (χ3n) is 3.62. The van der Waals surface area contributed by atoms with Crippen LogP contribution in [0, 0.1) is 0 Å². The molecule has 1 atom stereocenters. The molecule has 2 heterocycles. The van der Waals surface area contributed by atoms with Gasteiger partial charge in [0.1, 0.15) is 0 Å². The van der Waals surface area contributed by atoms with E-state index in [0.717, 1.165) is 5.56 Å². The number of rotatable bonds is 4. The van der Waals surface area contributed by atoms with Crippen molar-refractivity contribution in [1.29, 1.82) is 0 Å². The van der Waals surface area contributed by atoms with E-state index in [0.29, 0.717) is 13.2 Å². The first-order chi connectivity index (χ1) is 11.1. The lowest BCUT2D eigenvalue weighted by Gasteiger charge is -2.32. The van der Waals surface area contributed by atoms with Gasteiger partial charge in [0.15, 0.2) is 11.7 Å². The second kappa shape index (κ2) is 6.57. The van der Waals surface area contributed by atoms with Gasteiger partial charge < -0.3 is 14.7 Å². The quantitative estimate of drug-likeness (QED) is 0.868. The number of carboxylic acid groups (broad SMARTS) is 1. The van der Waals surface area contributed by atoms with Crippen molar-refractivity contribution in [3.8, 4) is 0 Å². The van der Waals surface area contributed by atoms with Crippen LogP contribution in [-0.4, -0.2) is 62.7 Å². The molecule has 0 radical (unpaired) electrons. The molecule has 1 amide bonds. The molecule has 1 aromatic carbocycles. The highest BCUT2D eigenvalue weighted by molar-refractivity contribution is 5.94. The summed E-state index contributed by atoms with van der Waals surface area (Å²) in [4.78, 5) is 25.0. The highest BCUT2D eigenvalue weighted by Crippen LogP contribution is 2.12. The first-order valence-corrected chi connectivity index (χ1v) is 7.21. The molecule has 1 N–H and O–H groups in total. The fraction of sp³-hybridized carbons (Fsp3) is 0.333. The standard InChI is InChI=1S/C15H16N4O4/c20-14(19-6-7-23-10-13(19)15(21)22)12-9-18(17-16-12)8-11-4-2-1-3-5-11/h1-5,9,13H,6-8,10H2,(H,21,22)/t13-/m0/s1. The highest BCUT2D eigenvalue weighted by Gasteiger charge is 2.34. The molecule has 0 bridgehead atoms. The smallest absolute Gasteiger partial charge is 0.328 e. The lowest BCUT2D eigenvalue weighted by atomic mass is 10.2. The lowest BCUT2D eigenvalue weighted by molar-refractivity contribution is -0.147. The molecular formula is C15H16N4O4. The van der Waals surface area contributed by atoms with E-state index < -0.39 is 17.9 Å². The van der Waals surface area contributed by atoms with Crippen molar-refractivity contribution in [1.82, 2.24) is 19.9 Å². The van der Waals surface area contributed by atoms with Crippen LogP contribution in [0.3, 0.4) is 0 Å². The fourth-order valence-corrected chi connectivity index (χ4v) is 2.44. The number of ether oxygens (including phenoxy) is 1. The number of aromatic nitrogens is 3. The van der Waals surface area contributed by atoms with Crippen molar-refractivity contribution >= 4 is 11.9 Å². The zero-order valence-electron chi connectivity index (χ0n) is 12.3. The predicted octanol–water partition coefficient (Wildman–Crippen LogP) is 0.252. The number of benzene rings is 1. The number of aliphatic carboxylic acids is 1. The molecule has 1 aliphatic rings. The summed E-state index contributed by atoms with van der Waals surface area (Å²) >= 11 is 0. The Kier molecular flexibility index (Phi) is 4.33. The SMILES string of the molecule is O=C(O)[C@@H]1COCCN1C(=O)c1cn(Cc2ccccc2)nn1. The van der Waals surface area contributed by atoms with Gasteiger partial charge in [0, 0.05) is 6.54 Å². The molecule has 0 saturated carbocycles. The predicted molar refractivity (Wildman–Crippen MR) is 78.8 cm³/mol. The Morgan fingerprint density at radius 3 is 2.83 bits per heavy atom. The molecule has 2 aromatic rings. The molecule has 23 heavy (non-hydrogen) atoms. The average molecular weight is 316 g/mol. The number of carbonyl (C=O) groups excluding carboxylic acids is 1. The van der Waals surface area contributed by atoms with Crippen LogP contribution in [0.2, 0.25) is 0 Å². The van der Waals surface area contributed by atoms with Crippen molar-refractivity contribution in [2.75, 3.05) is 19.8 Å². The summed E-state index contributed by atoms with van der Waals surface area (Å²) in [5.74, 6) is -1.53. The summed E-state index contributed by atoms with van der Waals surface area (Å²) in [6.45, 7) is 1.01. The largest absolute Gasteiger partial charge is 0.480 e. The fourth-order valence-electron chi connectivity index (χ4n) is 2.44. The van der Waals surface area contributed by atoms with Gasteiger partial charge in [-0.15, -0.1) is 5.10 Å². The van der Waals surface area contributed by atoms with Gasteiger partial charge in [0.25, 0.3) is 5.91 Å². The molecule has 8 heteroatoms. The van der Waals surface area contributed by atoms with Crippen molar-refractivity contribution < 1.29 is 19.4 Å². The van der Waals surface area contributed by atoms with Crippen LogP contribution in [0.5, 0.6) is 0 Å². The van der Waals surface area contributed by atoms with Crippen LogP contribution >= 0.6 is 0 Å². The summed E-state index contributed by atoms with van der Waals surface area (Å²) in [5.41, 5.74) is 1.17. The van der Waals surface area contributed by atoms with Crippen molar-refractivity contribution in [2.24, 2.45) is 0 Å². The Morgan fingerprint density at radius 2 is 2.09 bits per heavy atom. The van der Waals surface area contributed by atoms with Crippen molar-refractivity contribution in [3.05, 3.63) is 47.8 Å². The molecule has 120 valence electrons. The summed E-state index contributed by atoms with van der Waals surface area (Å²) < 4.78 is 6.68. The minimum atomic E-state index is -1.09. The number of nitrogens with zero attached hydrogens (tertiary/aromatic N) is 4. The van der Waals surface area contributed by atoms with E-state index in [4.69, 9.17) is 4.74 Å². The molecule has 1 aromatic heterocycles. The minimum absolute atomic E-state index is 0.0147. The van der Waals surface area contributed by atoms with Gasteiger partial charge in [-0.1, -0.05) is 35.5 Å². The summed E-state index contributed by atoms with van der Waals surface area (Å²) in [5, 5.41) is 17.0. The van der Waals surface area contributed by atoms with Crippen LogP contribution in [0.4, 0.5) is 0 Å². The molecule has 3 rings (SSSR count). The Hall–Kier alpha value is -2.74. The maximum absolute atomic E-state index is 12.5. The molecule has 1 fully saturated rings. The summed E-state index contributed by atoms with van der Waals surface area (Å²) in [7, 11) is 0. The van der Waals surface area contributed by atoms with E-state index in [1.165, 1.54) is 11.1 Å². The first kappa shape index (κ1) is 15.2. The molecule has 0 spiro atoms. The Balaban J connectivity index is 1.74. The van der Waals surface area contributed by atoms with E-state index in [9.17, 15) is 14.7 Å². The summed E-state index contributed by atoms with van der Waals surface area (Å²) in [6.07, 6.45) is 1.53. The van der Waals surface area contributed by atoms with E-state index in [1.54, 1.807) is 4.68 Å². The molecule has 0 unspecified atom stereocenters. The zero-order chi connectivity index (χ0) is 16.2. The maximum Gasteiger partial charge on any atom is 0.328 e. The topological polar surface area (TPSA) is 97.6 Å². The van der Waals surface area contributed by atoms with E-state index >= 15 is 0 Å². The number of carbonyl (C=O) groups is 2. The number of carboxylic acids is 1. The van der Waals surface area contributed by atoms with Gasteiger partial charge >= 0.3 is 5.97 Å². The molecule has 1 saturated heterocycles. The van der Waals surface area contributed by atoms with Crippen LogP contribution in [-0.2, 0) is 16.1 Å². The van der Waals surface area contributed by atoms with E-state index in [-0.39, 0.29) is 18.8 Å². The van der Waals surface area contributed by atoms with Crippen LogP contribution in [0.1, 0.15) is 16.1 Å². The van der Waals surface area contributed by atoms with Crippen LogP contribution < -0.4 is 0 Å². The highest BCUT2D eigenvalue weighted by atomic mass is 16.5. The van der Waals surface area contributed by atoms with Crippen LogP contribution in [0.15, 0.2) is 36.5 Å². The number of amides is 1. The zero-order valence-corrected chi connectivity index (χ0v) is 12.3. The molecule has 1 aliphatic heterocycles. The second-order valence-electron chi connectivity index (χ2n) is 5.21. The van der Waals surface area contributed by atoms with Gasteiger partial charge in [-0.05, 0) is 5.56 Å². The number of hydrogen-bond donors (Lipinski definition) is 1. The lowest BCUT2D eigenvalue weighted by Crippen LogP contribution is -2.52. The second-order valence-corrected chi connectivity index (χ2v) is 5.21. The minimum Gasteiger partial charge on any atom is -0.480 e. The van der Waals surface area contributed by atoms with Gasteiger partial charge in [0.2, 0.25) is 0 Å². The molecular weight excluding hydrogens is 300 g/mol. The van der Waals surface area contributed by atoms with E-state index in [1.807, 2.05) is 30.3 Å². The Bertz CT molecular complexity index is 701. The third kappa shape index (κ3) is 3.37. The van der Waals surface area contributed by atoms with Gasteiger partial charge in [-0.2, -0.15) is 0 Å². The molecule has 8 nitrogen and oxygen atoms in total. The van der Waals surface area contributed by atoms with Crippen molar-refractivity contribution in [3.63, 3.8) is 0 Å². The first-order valence-electron chi connectivity index (χ1n) is 7.21. The average Bonchev–Trinajstić information content (AvgIpc) is 3.03. The van der Waals surface area contributed by atoms with Gasteiger partial charge in [0.05, 0.1) is 26.0 Å². The monoisotopic (exact) mass is 316 g/mol. The Labute approximate surface area is 132 Å². The molecule has 0 aliphatic carbocycles. The van der Waals surface area contributed by atoms with Gasteiger partial charge in [-0.25, -0.2) is 9.48 Å². The van der Waals surface area contributed by atoms with E-state index in [2.05, 4.69) is 10.3 Å². The maximum atomic E-state index is 12.5. The normalized spacial score (nSPS) is 17.9. The van der Waals surface area contributed by atoms with Gasteiger partial charge in [-0.3, -0.25) is 4.79 Å². The van der Waals surface area contributed by atoms with Crippen molar-refractivity contribution in [2.45, 2.75) is 12.6 Å². The third-order valence-corrected chi connectivity index (χ3v) is 3.62. The number of morpholine rings is 1.